The quantitative estimate of drug-likeness (QED) is 0.697. The zero-order valence-corrected chi connectivity index (χ0v) is 19.2. The summed E-state index contributed by atoms with van der Waals surface area (Å²) in [7, 11) is 0.605. The third-order valence-corrected chi connectivity index (χ3v) is 5.78. The first-order valence-electron chi connectivity index (χ1n) is 9.35. The number of amides is 2. The molecule has 0 fully saturated rings. The van der Waals surface area contributed by atoms with Gasteiger partial charge in [-0.1, -0.05) is 6.07 Å². The monoisotopic (exact) mass is 449 g/mol. The number of anilines is 2. The van der Waals surface area contributed by atoms with Gasteiger partial charge in [0.05, 0.1) is 17.7 Å². The topological polar surface area (TPSA) is 114 Å². The van der Waals surface area contributed by atoms with Gasteiger partial charge in [-0.15, -0.1) is 0 Å². The van der Waals surface area contributed by atoms with Crippen LogP contribution in [0.15, 0.2) is 47.4 Å². The third kappa shape index (κ3) is 6.43. The average molecular weight is 450 g/mol. The molecule has 0 aromatic heterocycles. The number of carbonyl (C=O) groups is 2. The van der Waals surface area contributed by atoms with E-state index < -0.39 is 27.6 Å². The van der Waals surface area contributed by atoms with E-state index in [9.17, 15) is 18.0 Å². The lowest BCUT2D eigenvalue weighted by Crippen LogP contribution is -2.27. The molecule has 168 valence electrons. The molecule has 0 atom stereocenters. The molecular formula is C21H27N3O6S. The van der Waals surface area contributed by atoms with E-state index in [-0.39, 0.29) is 10.5 Å². The van der Waals surface area contributed by atoms with E-state index in [2.05, 4.69) is 10.6 Å². The molecule has 0 aliphatic heterocycles. The summed E-state index contributed by atoms with van der Waals surface area (Å²) in [6.45, 7) is 5.22. The summed E-state index contributed by atoms with van der Waals surface area (Å²) in [6, 6.07) is 10.4. The molecule has 0 spiro atoms. The molecule has 10 heteroatoms. The fourth-order valence-electron chi connectivity index (χ4n) is 2.51. The highest BCUT2D eigenvalue weighted by molar-refractivity contribution is 7.89. The standard InChI is InChI=1S/C21H27N3O6S/c1-21(2,3)30-20(26)23-17-13-15(10-11-18(17)29-6)22-19(25)14-8-7-9-16(12-14)31(27,28)24(4)5/h7-13H,1-6H3,(H,22,25)(H,23,26). The SMILES string of the molecule is COc1ccc(NC(=O)c2cccc(S(=O)(=O)N(C)C)c2)cc1NC(=O)OC(C)(C)C. The minimum Gasteiger partial charge on any atom is -0.495 e. The second-order valence-corrected chi connectivity index (χ2v) is 9.96. The molecule has 9 nitrogen and oxygen atoms in total. The molecule has 2 aromatic carbocycles. The highest BCUT2D eigenvalue weighted by Crippen LogP contribution is 2.29. The Hall–Kier alpha value is -3.11. The molecule has 0 radical (unpaired) electrons. The van der Waals surface area contributed by atoms with Crippen LogP contribution in [-0.2, 0) is 14.8 Å². The van der Waals surface area contributed by atoms with Crippen LogP contribution in [-0.4, -0.2) is 51.5 Å². The average Bonchev–Trinajstić information content (AvgIpc) is 2.66. The Morgan fingerprint density at radius 1 is 1.00 bits per heavy atom. The van der Waals surface area contributed by atoms with Crippen LogP contribution < -0.4 is 15.4 Å². The highest BCUT2D eigenvalue weighted by atomic mass is 32.2. The number of methoxy groups -OCH3 is 1. The van der Waals surface area contributed by atoms with Gasteiger partial charge in [0.15, 0.2) is 0 Å². The van der Waals surface area contributed by atoms with Crippen molar-refractivity contribution in [1.29, 1.82) is 0 Å². The first-order valence-corrected chi connectivity index (χ1v) is 10.8. The third-order valence-electron chi connectivity index (χ3n) is 3.97. The van der Waals surface area contributed by atoms with Gasteiger partial charge >= 0.3 is 6.09 Å². The summed E-state index contributed by atoms with van der Waals surface area (Å²) < 4.78 is 36.2. The van der Waals surface area contributed by atoms with E-state index >= 15 is 0 Å². The fraction of sp³-hybridized carbons (Fsp3) is 0.333. The van der Waals surface area contributed by atoms with E-state index in [1.807, 2.05) is 0 Å². The molecule has 2 rings (SSSR count). The van der Waals surface area contributed by atoms with Crippen molar-refractivity contribution in [2.45, 2.75) is 31.3 Å². The van der Waals surface area contributed by atoms with E-state index in [0.29, 0.717) is 17.1 Å². The Morgan fingerprint density at radius 3 is 2.26 bits per heavy atom. The van der Waals surface area contributed by atoms with E-state index in [1.165, 1.54) is 51.5 Å². The number of nitrogens with zero attached hydrogens (tertiary/aromatic N) is 1. The van der Waals surface area contributed by atoms with Crippen molar-refractivity contribution in [2.24, 2.45) is 0 Å². The Kier molecular flexibility index (Phi) is 7.29. The largest absolute Gasteiger partial charge is 0.495 e. The molecule has 0 aliphatic carbocycles. The van der Waals surface area contributed by atoms with Gasteiger partial charge in [-0.25, -0.2) is 17.5 Å². The minimum atomic E-state index is -3.67. The smallest absolute Gasteiger partial charge is 0.412 e. The van der Waals surface area contributed by atoms with Crippen LogP contribution in [0.5, 0.6) is 5.75 Å². The number of hydrogen-bond donors (Lipinski definition) is 2. The molecule has 0 heterocycles. The van der Waals surface area contributed by atoms with Crippen LogP contribution >= 0.6 is 0 Å². The predicted octanol–water partition coefficient (Wildman–Crippen LogP) is 3.54. The van der Waals surface area contributed by atoms with Crippen LogP contribution in [0.2, 0.25) is 0 Å². The Balaban J connectivity index is 2.25. The number of sulfonamides is 1. The van der Waals surface area contributed by atoms with Gasteiger partial charge in [-0.05, 0) is 57.2 Å². The second kappa shape index (κ2) is 9.36. The summed E-state index contributed by atoms with van der Waals surface area (Å²) in [4.78, 5) is 24.8. The summed E-state index contributed by atoms with van der Waals surface area (Å²) in [5.74, 6) is -0.132. The second-order valence-electron chi connectivity index (χ2n) is 7.81. The molecule has 2 N–H and O–H groups in total. The minimum absolute atomic E-state index is 0.00663. The zero-order valence-electron chi connectivity index (χ0n) is 18.3. The van der Waals surface area contributed by atoms with Crippen molar-refractivity contribution in [3.8, 4) is 5.75 Å². The number of carbonyl (C=O) groups excluding carboxylic acids is 2. The number of rotatable bonds is 6. The fourth-order valence-corrected chi connectivity index (χ4v) is 3.46. The maximum absolute atomic E-state index is 12.7. The van der Waals surface area contributed by atoms with Crippen molar-refractivity contribution in [1.82, 2.24) is 4.31 Å². The number of ether oxygens (including phenoxy) is 2. The Bertz CT molecular complexity index is 1070. The molecule has 31 heavy (non-hydrogen) atoms. The van der Waals surface area contributed by atoms with Gasteiger partial charge in [0, 0.05) is 25.3 Å². The molecule has 2 amide bonds. The Labute approximate surface area is 182 Å². The maximum Gasteiger partial charge on any atom is 0.412 e. The first-order chi connectivity index (χ1) is 14.3. The lowest BCUT2D eigenvalue weighted by atomic mass is 10.2. The van der Waals surface area contributed by atoms with Crippen LogP contribution in [0.1, 0.15) is 31.1 Å². The lowest BCUT2D eigenvalue weighted by molar-refractivity contribution is 0.0635. The van der Waals surface area contributed by atoms with Crippen LogP contribution in [0.3, 0.4) is 0 Å². The number of benzene rings is 2. The normalized spacial score (nSPS) is 11.7. The van der Waals surface area contributed by atoms with Gasteiger partial charge in [-0.3, -0.25) is 10.1 Å². The molecule has 0 unspecified atom stereocenters. The van der Waals surface area contributed by atoms with Gasteiger partial charge in [-0.2, -0.15) is 0 Å². The molecule has 0 saturated heterocycles. The summed E-state index contributed by atoms with van der Waals surface area (Å²) in [5, 5.41) is 5.27. The van der Waals surface area contributed by atoms with Crippen molar-refractivity contribution < 1.29 is 27.5 Å². The first kappa shape index (κ1) is 24.2. The number of nitrogens with one attached hydrogen (secondary N) is 2. The zero-order chi connectivity index (χ0) is 23.4. The van der Waals surface area contributed by atoms with Crippen LogP contribution in [0, 0.1) is 0 Å². The number of hydrogen-bond acceptors (Lipinski definition) is 6. The summed E-state index contributed by atoms with van der Waals surface area (Å²) >= 11 is 0. The molecular weight excluding hydrogens is 422 g/mol. The maximum atomic E-state index is 12.7. The van der Waals surface area contributed by atoms with Crippen molar-refractivity contribution >= 4 is 33.4 Å². The predicted molar refractivity (Wildman–Crippen MR) is 118 cm³/mol. The van der Waals surface area contributed by atoms with Crippen molar-refractivity contribution in [3.05, 3.63) is 48.0 Å². The lowest BCUT2D eigenvalue weighted by Gasteiger charge is -2.20. The molecule has 0 bridgehead atoms. The van der Waals surface area contributed by atoms with E-state index in [4.69, 9.17) is 9.47 Å². The molecule has 0 aliphatic rings. The van der Waals surface area contributed by atoms with Gasteiger partial charge in [0.1, 0.15) is 11.4 Å². The van der Waals surface area contributed by atoms with Crippen molar-refractivity contribution in [2.75, 3.05) is 31.8 Å². The van der Waals surface area contributed by atoms with Crippen molar-refractivity contribution in [3.63, 3.8) is 0 Å². The van der Waals surface area contributed by atoms with Gasteiger partial charge in [0.25, 0.3) is 5.91 Å². The highest BCUT2D eigenvalue weighted by Gasteiger charge is 2.20. The molecule has 0 saturated carbocycles. The molecule has 2 aromatic rings. The van der Waals surface area contributed by atoms with Crippen LogP contribution in [0.4, 0.5) is 16.2 Å². The van der Waals surface area contributed by atoms with E-state index in [0.717, 1.165) is 4.31 Å². The Morgan fingerprint density at radius 2 is 1.68 bits per heavy atom. The summed E-state index contributed by atoms with van der Waals surface area (Å²) in [6.07, 6.45) is -0.670. The summed E-state index contributed by atoms with van der Waals surface area (Å²) in [5.41, 5.74) is 0.165. The van der Waals surface area contributed by atoms with Gasteiger partial charge < -0.3 is 14.8 Å². The van der Waals surface area contributed by atoms with Crippen LogP contribution in [0.25, 0.3) is 0 Å². The van der Waals surface area contributed by atoms with Gasteiger partial charge in [0.2, 0.25) is 10.0 Å². The van der Waals surface area contributed by atoms with E-state index in [1.54, 1.807) is 32.9 Å².